The lowest BCUT2D eigenvalue weighted by Crippen LogP contribution is -2.32. The third-order valence-corrected chi connectivity index (χ3v) is 6.27. The van der Waals surface area contributed by atoms with Gasteiger partial charge in [-0.15, -0.1) is 0 Å². The van der Waals surface area contributed by atoms with Crippen LogP contribution >= 0.6 is 15.9 Å². The summed E-state index contributed by atoms with van der Waals surface area (Å²) in [5.74, 6) is -2.29. The molecule has 176 valence electrons. The van der Waals surface area contributed by atoms with Crippen molar-refractivity contribution in [3.8, 4) is 0 Å². The van der Waals surface area contributed by atoms with E-state index in [0.717, 1.165) is 11.0 Å². The van der Waals surface area contributed by atoms with E-state index in [4.69, 9.17) is 4.74 Å². The molecule has 2 aromatic rings. The lowest BCUT2D eigenvalue weighted by Gasteiger charge is -2.26. The number of benzene rings is 1. The highest BCUT2D eigenvalue weighted by molar-refractivity contribution is 9.10. The second kappa shape index (κ2) is 9.93. The first-order chi connectivity index (χ1) is 15.6. The summed E-state index contributed by atoms with van der Waals surface area (Å²) >= 11 is 3.45. The predicted octanol–water partition coefficient (Wildman–Crippen LogP) is 3.55. The number of hydrogen-bond acceptors (Lipinski definition) is 6. The molecule has 0 bridgehead atoms. The van der Waals surface area contributed by atoms with Crippen LogP contribution in [0, 0.1) is 13.8 Å². The summed E-state index contributed by atoms with van der Waals surface area (Å²) in [7, 11) is 5.15. The zero-order valence-corrected chi connectivity index (χ0v) is 20.9. The molecule has 2 heterocycles. The fourth-order valence-electron chi connectivity index (χ4n) is 4.24. The SMILES string of the molecule is COC(=O)c1[nH]c(C)c(C(O)=C2C(=O)C(=O)N(CCCN(C)C)[C@H]2c2cccc(Br)c2)c1C. The minimum atomic E-state index is -0.750. The van der Waals surface area contributed by atoms with E-state index >= 15 is 0 Å². The number of carbonyl (C=O) groups excluding carboxylic acids is 3. The van der Waals surface area contributed by atoms with Gasteiger partial charge in [0.1, 0.15) is 11.5 Å². The summed E-state index contributed by atoms with van der Waals surface area (Å²) in [6.45, 7) is 4.45. The van der Waals surface area contributed by atoms with E-state index in [1.807, 2.05) is 43.3 Å². The van der Waals surface area contributed by atoms with E-state index in [9.17, 15) is 19.5 Å². The van der Waals surface area contributed by atoms with Gasteiger partial charge in [-0.25, -0.2) is 4.79 Å². The van der Waals surface area contributed by atoms with Gasteiger partial charge in [0.25, 0.3) is 11.7 Å². The number of carbonyl (C=O) groups is 3. The van der Waals surface area contributed by atoms with Crippen LogP contribution in [0.1, 0.15) is 45.3 Å². The maximum absolute atomic E-state index is 13.2. The van der Waals surface area contributed by atoms with Gasteiger partial charge in [0.2, 0.25) is 0 Å². The first-order valence-corrected chi connectivity index (χ1v) is 11.3. The molecule has 1 fully saturated rings. The molecule has 0 aliphatic carbocycles. The number of aliphatic hydroxyl groups excluding tert-OH is 1. The standard InChI is InChI=1S/C24H28BrN3O5/c1-13-17(14(2)26-19(13)24(32)33-5)21(29)18-20(15-8-6-9-16(25)12-15)28(23(31)22(18)30)11-7-10-27(3)4/h6,8-9,12,20,26,29H,7,10-11H2,1-5H3/t20-/m0/s1. The van der Waals surface area contributed by atoms with Gasteiger partial charge >= 0.3 is 5.97 Å². The number of rotatable bonds is 7. The first-order valence-electron chi connectivity index (χ1n) is 10.5. The summed E-state index contributed by atoms with van der Waals surface area (Å²) in [6.07, 6.45) is 0.666. The van der Waals surface area contributed by atoms with Crippen LogP contribution in [0.4, 0.5) is 0 Å². The summed E-state index contributed by atoms with van der Waals surface area (Å²) in [4.78, 5) is 44.8. The number of esters is 1. The number of halogens is 1. The van der Waals surface area contributed by atoms with E-state index < -0.39 is 23.7 Å². The van der Waals surface area contributed by atoms with Crippen molar-refractivity contribution in [3.63, 3.8) is 0 Å². The smallest absolute Gasteiger partial charge is 0.354 e. The topological polar surface area (TPSA) is 103 Å². The monoisotopic (exact) mass is 517 g/mol. The lowest BCUT2D eigenvalue weighted by molar-refractivity contribution is -0.139. The highest BCUT2D eigenvalue weighted by Crippen LogP contribution is 2.41. The Bertz CT molecular complexity index is 1140. The van der Waals surface area contributed by atoms with Gasteiger partial charge in [-0.3, -0.25) is 9.59 Å². The van der Waals surface area contributed by atoms with Crippen LogP contribution in [-0.2, 0) is 14.3 Å². The quantitative estimate of drug-likeness (QED) is 0.252. The van der Waals surface area contributed by atoms with Crippen molar-refractivity contribution in [2.45, 2.75) is 26.3 Å². The normalized spacial score (nSPS) is 17.8. The Morgan fingerprint density at radius 2 is 1.97 bits per heavy atom. The van der Waals surface area contributed by atoms with Crippen molar-refractivity contribution < 1.29 is 24.2 Å². The molecule has 1 saturated heterocycles. The van der Waals surface area contributed by atoms with Crippen LogP contribution in [0.2, 0.25) is 0 Å². The number of ketones is 1. The molecular formula is C24H28BrN3O5. The summed E-state index contributed by atoms with van der Waals surface area (Å²) < 4.78 is 5.60. The van der Waals surface area contributed by atoms with Crippen molar-refractivity contribution in [2.75, 3.05) is 34.3 Å². The summed E-state index contributed by atoms with van der Waals surface area (Å²) in [5, 5.41) is 11.4. The van der Waals surface area contributed by atoms with E-state index in [1.54, 1.807) is 13.8 Å². The number of Topliss-reactive ketones (excluding diaryl/α,β-unsaturated/α-hetero) is 1. The molecule has 8 nitrogen and oxygen atoms in total. The van der Waals surface area contributed by atoms with Crippen molar-refractivity contribution in [3.05, 3.63) is 62.4 Å². The number of aromatic nitrogens is 1. The maximum Gasteiger partial charge on any atom is 0.354 e. The molecule has 0 unspecified atom stereocenters. The van der Waals surface area contributed by atoms with Crippen LogP contribution in [0.5, 0.6) is 0 Å². The Balaban J connectivity index is 2.18. The highest BCUT2D eigenvalue weighted by Gasteiger charge is 2.46. The number of nitrogens with zero attached hydrogens (tertiary/aromatic N) is 2. The van der Waals surface area contributed by atoms with Crippen LogP contribution in [0.15, 0.2) is 34.3 Å². The molecule has 1 aromatic heterocycles. The van der Waals surface area contributed by atoms with Crippen LogP contribution < -0.4 is 0 Å². The molecule has 0 radical (unpaired) electrons. The number of aryl methyl sites for hydroxylation is 1. The molecule has 0 spiro atoms. The molecule has 1 aromatic carbocycles. The number of methoxy groups -OCH3 is 1. The zero-order valence-electron chi connectivity index (χ0n) is 19.4. The van der Waals surface area contributed by atoms with E-state index in [-0.39, 0.29) is 17.0 Å². The van der Waals surface area contributed by atoms with Gasteiger partial charge in [-0.2, -0.15) is 0 Å². The van der Waals surface area contributed by atoms with Gasteiger partial charge in [0.05, 0.1) is 18.7 Å². The molecule has 1 atom stereocenters. The summed E-state index contributed by atoms with van der Waals surface area (Å²) in [5.41, 5.74) is 2.16. The number of nitrogens with one attached hydrogen (secondary N) is 1. The van der Waals surface area contributed by atoms with Crippen LogP contribution in [-0.4, -0.2) is 71.8 Å². The van der Waals surface area contributed by atoms with Crippen molar-refractivity contribution in [2.24, 2.45) is 0 Å². The van der Waals surface area contributed by atoms with Crippen molar-refractivity contribution >= 4 is 39.3 Å². The minimum absolute atomic E-state index is 0.00423. The van der Waals surface area contributed by atoms with Gasteiger partial charge < -0.3 is 24.6 Å². The second-order valence-electron chi connectivity index (χ2n) is 8.32. The number of aromatic amines is 1. The van der Waals surface area contributed by atoms with Crippen molar-refractivity contribution in [1.82, 2.24) is 14.8 Å². The average Bonchev–Trinajstić information content (AvgIpc) is 3.20. The Morgan fingerprint density at radius 1 is 1.27 bits per heavy atom. The maximum atomic E-state index is 13.2. The highest BCUT2D eigenvalue weighted by atomic mass is 79.9. The Labute approximate surface area is 201 Å². The molecule has 1 aliphatic rings. The Kier molecular flexibility index (Phi) is 7.44. The molecule has 0 saturated carbocycles. The predicted molar refractivity (Wildman–Crippen MR) is 128 cm³/mol. The fourth-order valence-corrected chi connectivity index (χ4v) is 4.65. The third-order valence-electron chi connectivity index (χ3n) is 5.77. The Morgan fingerprint density at radius 3 is 2.58 bits per heavy atom. The van der Waals surface area contributed by atoms with Gasteiger partial charge in [0, 0.05) is 22.3 Å². The number of hydrogen-bond donors (Lipinski definition) is 2. The Hall–Kier alpha value is -2.91. The molecule has 33 heavy (non-hydrogen) atoms. The molecule has 3 rings (SSSR count). The van der Waals surface area contributed by atoms with E-state index in [0.29, 0.717) is 35.3 Å². The largest absolute Gasteiger partial charge is 0.507 e. The van der Waals surface area contributed by atoms with Gasteiger partial charge in [0.15, 0.2) is 0 Å². The molecule has 1 amide bonds. The zero-order chi connectivity index (χ0) is 24.4. The lowest BCUT2D eigenvalue weighted by atomic mass is 9.94. The number of ether oxygens (including phenoxy) is 1. The summed E-state index contributed by atoms with van der Waals surface area (Å²) in [6, 6.07) is 6.58. The second-order valence-corrected chi connectivity index (χ2v) is 9.24. The first kappa shape index (κ1) is 24.7. The fraction of sp³-hybridized carbons (Fsp3) is 0.375. The van der Waals surface area contributed by atoms with Crippen LogP contribution in [0.3, 0.4) is 0 Å². The van der Waals surface area contributed by atoms with E-state index in [1.165, 1.54) is 12.0 Å². The molecule has 1 aliphatic heterocycles. The van der Waals surface area contributed by atoms with Crippen molar-refractivity contribution in [1.29, 1.82) is 0 Å². The number of H-pyrrole nitrogens is 1. The number of amides is 1. The molecular weight excluding hydrogens is 490 g/mol. The molecule has 9 heteroatoms. The third kappa shape index (κ3) is 4.74. The average molecular weight is 518 g/mol. The van der Waals surface area contributed by atoms with Crippen LogP contribution in [0.25, 0.3) is 5.76 Å². The van der Waals surface area contributed by atoms with Gasteiger partial charge in [-0.1, -0.05) is 28.1 Å². The minimum Gasteiger partial charge on any atom is -0.507 e. The number of aliphatic hydroxyl groups is 1. The molecule has 2 N–H and O–H groups in total. The van der Waals surface area contributed by atoms with E-state index in [2.05, 4.69) is 20.9 Å². The van der Waals surface area contributed by atoms with Gasteiger partial charge in [-0.05, 0) is 64.2 Å². The number of likely N-dealkylation sites (tertiary alicyclic amines) is 1.